The zero-order valence-electron chi connectivity index (χ0n) is 11.7. The van der Waals surface area contributed by atoms with Gasteiger partial charge in [0.25, 0.3) is 0 Å². The van der Waals surface area contributed by atoms with Crippen LogP contribution in [-0.4, -0.2) is 29.8 Å². The fraction of sp³-hybridized carbons (Fsp3) is 0.400. The molecule has 1 aliphatic heterocycles. The summed E-state index contributed by atoms with van der Waals surface area (Å²) in [7, 11) is 1.62. The zero-order chi connectivity index (χ0) is 14.2. The Morgan fingerprint density at radius 3 is 2.95 bits per heavy atom. The van der Waals surface area contributed by atoms with E-state index in [1.807, 2.05) is 30.7 Å². The molecule has 1 aliphatic rings. The number of benzene rings is 1. The van der Waals surface area contributed by atoms with Crippen LogP contribution >= 0.6 is 11.6 Å². The van der Waals surface area contributed by atoms with Gasteiger partial charge in [-0.15, -0.1) is 0 Å². The summed E-state index contributed by atoms with van der Waals surface area (Å²) in [6.07, 6.45) is 4.91. The summed E-state index contributed by atoms with van der Waals surface area (Å²) >= 11 is 6.22. The third kappa shape index (κ3) is 2.19. The molecule has 1 N–H and O–H groups in total. The Morgan fingerprint density at radius 1 is 1.45 bits per heavy atom. The molecule has 1 atom stereocenters. The summed E-state index contributed by atoms with van der Waals surface area (Å²) < 4.78 is 7.31. The molecule has 1 aromatic heterocycles. The predicted molar refractivity (Wildman–Crippen MR) is 80.0 cm³/mol. The van der Waals surface area contributed by atoms with Gasteiger partial charge in [0, 0.05) is 29.5 Å². The third-order valence-electron chi connectivity index (χ3n) is 4.04. The molecule has 0 radical (unpaired) electrons. The lowest BCUT2D eigenvalue weighted by Crippen LogP contribution is -2.27. The number of ether oxygens (including phenoxy) is 1. The normalized spacial score (nSPS) is 22.1. The summed E-state index contributed by atoms with van der Waals surface area (Å²) in [4.78, 5) is 4.32. The first-order valence-corrected chi connectivity index (χ1v) is 7.09. The summed E-state index contributed by atoms with van der Waals surface area (Å²) in [5, 5.41) is 4.03. The van der Waals surface area contributed by atoms with Gasteiger partial charge in [-0.25, -0.2) is 4.98 Å². The fourth-order valence-corrected chi connectivity index (χ4v) is 3.04. The number of halogens is 1. The molecule has 0 aliphatic carbocycles. The van der Waals surface area contributed by atoms with E-state index in [1.54, 1.807) is 7.11 Å². The van der Waals surface area contributed by atoms with E-state index in [4.69, 9.17) is 16.3 Å². The van der Waals surface area contributed by atoms with Crippen molar-refractivity contribution >= 4 is 11.6 Å². The minimum atomic E-state index is 0.114. The van der Waals surface area contributed by atoms with Crippen LogP contribution in [0.25, 0.3) is 5.69 Å². The van der Waals surface area contributed by atoms with Crippen molar-refractivity contribution < 1.29 is 4.74 Å². The van der Waals surface area contributed by atoms with E-state index >= 15 is 0 Å². The average Bonchev–Trinajstić information content (AvgIpc) is 3.08. The third-order valence-corrected chi connectivity index (χ3v) is 4.33. The minimum absolute atomic E-state index is 0.114. The number of nitrogens with zero attached hydrogens (tertiary/aromatic N) is 2. The monoisotopic (exact) mass is 291 g/mol. The maximum atomic E-state index is 6.22. The highest BCUT2D eigenvalue weighted by molar-refractivity contribution is 6.32. The molecule has 0 amide bonds. The fourth-order valence-electron chi connectivity index (χ4n) is 2.79. The Hall–Kier alpha value is -1.52. The number of nitrogens with one attached hydrogen (secondary N) is 1. The second-order valence-corrected chi connectivity index (χ2v) is 5.86. The SMILES string of the molecule is COc1ccc(-n2cncc2C2(C)CCNC2)cc1Cl. The first kappa shape index (κ1) is 13.5. The van der Waals surface area contributed by atoms with Crippen molar-refractivity contribution in [3.05, 3.63) is 41.4 Å². The summed E-state index contributed by atoms with van der Waals surface area (Å²) in [5.41, 5.74) is 2.34. The van der Waals surface area contributed by atoms with Crippen LogP contribution < -0.4 is 10.1 Å². The summed E-state index contributed by atoms with van der Waals surface area (Å²) in [6.45, 7) is 4.29. The van der Waals surface area contributed by atoms with Crippen LogP contribution in [0.5, 0.6) is 5.75 Å². The Balaban J connectivity index is 2.03. The van der Waals surface area contributed by atoms with E-state index in [2.05, 4.69) is 21.8 Å². The number of hydrogen-bond donors (Lipinski definition) is 1. The van der Waals surface area contributed by atoms with Gasteiger partial charge in [0.2, 0.25) is 0 Å². The second-order valence-electron chi connectivity index (χ2n) is 5.46. The smallest absolute Gasteiger partial charge is 0.137 e. The van der Waals surface area contributed by atoms with E-state index in [0.29, 0.717) is 10.8 Å². The van der Waals surface area contributed by atoms with Gasteiger partial charge < -0.3 is 14.6 Å². The van der Waals surface area contributed by atoms with Gasteiger partial charge >= 0.3 is 0 Å². The van der Waals surface area contributed by atoms with E-state index in [1.165, 1.54) is 5.69 Å². The van der Waals surface area contributed by atoms with Gasteiger partial charge in [-0.05, 0) is 31.2 Å². The van der Waals surface area contributed by atoms with Gasteiger partial charge in [0.05, 0.1) is 18.5 Å². The Bertz CT molecular complexity index is 617. The molecule has 1 aromatic carbocycles. The molecule has 2 heterocycles. The quantitative estimate of drug-likeness (QED) is 0.945. The van der Waals surface area contributed by atoms with Crippen LogP contribution in [0.2, 0.25) is 5.02 Å². The van der Waals surface area contributed by atoms with E-state index in [0.717, 1.165) is 25.2 Å². The van der Waals surface area contributed by atoms with Crippen LogP contribution in [0.1, 0.15) is 19.0 Å². The molecule has 0 bridgehead atoms. The Kier molecular flexibility index (Phi) is 3.44. The van der Waals surface area contributed by atoms with Gasteiger partial charge in [0.15, 0.2) is 0 Å². The summed E-state index contributed by atoms with van der Waals surface area (Å²) in [5.74, 6) is 0.686. The predicted octanol–water partition coefficient (Wildman–Crippen LogP) is 2.79. The number of aromatic nitrogens is 2. The molecule has 1 saturated heterocycles. The lowest BCUT2D eigenvalue weighted by atomic mass is 9.86. The van der Waals surface area contributed by atoms with Gasteiger partial charge in [0.1, 0.15) is 5.75 Å². The number of rotatable bonds is 3. The topological polar surface area (TPSA) is 39.1 Å². The molecule has 0 saturated carbocycles. The highest BCUT2D eigenvalue weighted by Gasteiger charge is 2.33. The van der Waals surface area contributed by atoms with Crippen LogP contribution in [0.3, 0.4) is 0 Å². The molecule has 106 valence electrons. The second kappa shape index (κ2) is 5.11. The van der Waals surface area contributed by atoms with Crippen molar-refractivity contribution in [3.8, 4) is 11.4 Å². The first-order valence-electron chi connectivity index (χ1n) is 6.71. The standard InChI is InChI=1S/C15H18ClN3O/c1-15(5-6-17-9-15)14-8-18-10-19(14)11-3-4-13(20-2)12(16)7-11/h3-4,7-8,10,17H,5-6,9H2,1-2H3. The first-order chi connectivity index (χ1) is 9.64. The van der Waals surface area contributed by atoms with Crippen molar-refractivity contribution in [1.29, 1.82) is 0 Å². The van der Waals surface area contributed by atoms with Crippen LogP contribution in [-0.2, 0) is 5.41 Å². The van der Waals surface area contributed by atoms with Gasteiger partial charge in [-0.2, -0.15) is 0 Å². The van der Waals surface area contributed by atoms with Crippen LogP contribution in [0.15, 0.2) is 30.7 Å². The van der Waals surface area contributed by atoms with E-state index in [-0.39, 0.29) is 5.41 Å². The molecule has 20 heavy (non-hydrogen) atoms. The minimum Gasteiger partial charge on any atom is -0.495 e. The van der Waals surface area contributed by atoms with Crippen LogP contribution in [0.4, 0.5) is 0 Å². The maximum Gasteiger partial charge on any atom is 0.137 e. The molecule has 1 unspecified atom stereocenters. The Labute approximate surface area is 123 Å². The summed E-state index contributed by atoms with van der Waals surface area (Å²) in [6, 6.07) is 5.80. The number of methoxy groups -OCH3 is 1. The van der Waals surface area contributed by atoms with Crippen molar-refractivity contribution in [2.24, 2.45) is 0 Å². The van der Waals surface area contributed by atoms with Crippen molar-refractivity contribution in [3.63, 3.8) is 0 Å². The lowest BCUT2D eigenvalue weighted by Gasteiger charge is -2.24. The largest absolute Gasteiger partial charge is 0.495 e. The van der Waals surface area contributed by atoms with Crippen LogP contribution in [0, 0.1) is 0 Å². The van der Waals surface area contributed by atoms with Crippen molar-refractivity contribution in [1.82, 2.24) is 14.9 Å². The van der Waals surface area contributed by atoms with Gasteiger partial charge in [-0.3, -0.25) is 0 Å². The molecule has 4 nitrogen and oxygen atoms in total. The molecule has 1 fully saturated rings. The van der Waals surface area contributed by atoms with E-state index < -0.39 is 0 Å². The highest BCUT2D eigenvalue weighted by Crippen LogP contribution is 2.33. The number of hydrogen-bond acceptors (Lipinski definition) is 3. The molecule has 5 heteroatoms. The zero-order valence-corrected chi connectivity index (χ0v) is 12.4. The molecular formula is C15H18ClN3O. The van der Waals surface area contributed by atoms with Crippen molar-refractivity contribution in [2.75, 3.05) is 20.2 Å². The number of imidazole rings is 1. The van der Waals surface area contributed by atoms with Crippen molar-refractivity contribution in [2.45, 2.75) is 18.8 Å². The maximum absolute atomic E-state index is 6.22. The lowest BCUT2D eigenvalue weighted by molar-refractivity contribution is 0.415. The van der Waals surface area contributed by atoms with E-state index in [9.17, 15) is 0 Å². The molecule has 2 aromatic rings. The Morgan fingerprint density at radius 2 is 2.30 bits per heavy atom. The molecular weight excluding hydrogens is 274 g/mol. The molecule has 3 rings (SSSR count). The molecule has 0 spiro atoms. The van der Waals surface area contributed by atoms with Gasteiger partial charge in [-0.1, -0.05) is 18.5 Å². The average molecular weight is 292 g/mol. The highest BCUT2D eigenvalue weighted by atomic mass is 35.5.